The van der Waals surface area contributed by atoms with E-state index in [2.05, 4.69) is 36.1 Å². The van der Waals surface area contributed by atoms with Gasteiger partial charge in [0.15, 0.2) is 0 Å². The summed E-state index contributed by atoms with van der Waals surface area (Å²) in [6.07, 6.45) is -0.266. The van der Waals surface area contributed by atoms with E-state index >= 15 is 0 Å². The number of ether oxygens (including phenoxy) is 1. The molecule has 166 valence electrons. The normalized spacial score (nSPS) is 19.0. The molecule has 0 spiro atoms. The van der Waals surface area contributed by atoms with E-state index in [1.165, 1.54) is 16.0 Å². The van der Waals surface area contributed by atoms with Crippen molar-refractivity contribution in [2.45, 2.75) is 65.3 Å². The third-order valence-electron chi connectivity index (χ3n) is 6.11. The molecule has 1 saturated heterocycles. The van der Waals surface area contributed by atoms with Crippen molar-refractivity contribution in [2.75, 3.05) is 6.54 Å². The fourth-order valence-electron chi connectivity index (χ4n) is 4.65. The number of nitrogens with zero attached hydrogens (tertiary/aromatic N) is 2. The Labute approximate surface area is 186 Å². The molecule has 0 unspecified atom stereocenters. The van der Waals surface area contributed by atoms with E-state index in [4.69, 9.17) is 4.74 Å². The van der Waals surface area contributed by atoms with Gasteiger partial charge in [-0.2, -0.15) is 0 Å². The first-order valence-corrected chi connectivity index (χ1v) is 11.1. The smallest absolute Gasteiger partial charge is 0.417 e. The molecule has 2 aromatic carbocycles. The molecule has 0 saturated carbocycles. The highest BCUT2D eigenvalue weighted by Gasteiger charge is 2.51. The molecule has 2 aromatic rings. The summed E-state index contributed by atoms with van der Waals surface area (Å²) in [5.74, 6) is -0.0540. The quantitative estimate of drug-likeness (QED) is 0.570. The van der Waals surface area contributed by atoms with E-state index in [1.54, 1.807) is 0 Å². The Kier molecular flexibility index (Phi) is 7.16. The van der Waals surface area contributed by atoms with Crippen LogP contribution >= 0.6 is 0 Å². The molecule has 1 heterocycles. The number of amides is 2. The third kappa shape index (κ3) is 5.34. The molecule has 2 amide bonds. The SMILES string of the molecule is CC(C)[C@@H]1N(C(=O)CCN(Cc2ccccc2)[C@H](C)c2ccccc2)C(=O)OC1(C)C. The summed E-state index contributed by atoms with van der Waals surface area (Å²) < 4.78 is 5.53. The second-order valence-corrected chi connectivity index (χ2v) is 9.22. The van der Waals surface area contributed by atoms with Crippen LogP contribution in [0.5, 0.6) is 0 Å². The first-order valence-electron chi connectivity index (χ1n) is 11.1. The van der Waals surface area contributed by atoms with Crippen molar-refractivity contribution in [2.24, 2.45) is 5.92 Å². The van der Waals surface area contributed by atoms with Gasteiger partial charge in [0.1, 0.15) is 5.60 Å². The number of hydrogen-bond acceptors (Lipinski definition) is 4. The average molecular weight is 423 g/mol. The van der Waals surface area contributed by atoms with E-state index in [1.807, 2.05) is 64.1 Å². The maximum Gasteiger partial charge on any atom is 0.417 e. The average Bonchev–Trinajstić information content (AvgIpc) is 3.00. The summed E-state index contributed by atoms with van der Waals surface area (Å²) in [4.78, 5) is 29.3. The Morgan fingerprint density at radius 1 is 1.03 bits per heavy atom. The number of hydrogen-bond donors (Lipinski definition) is 0. The molecule has 3 rings (SSSR count). The molecule has 1 aliphatic heterocycles. The van der Waals surface area contributed by atoms with Crippen LogP contribution < -0.4 is 0 Å². The van der Waals surface area contributed by atoms with Crippen LogP contribution in [0.3, 0.4) is 0 Å². The zero-order valence-corrected chi connectivity index (χ0v) is 19.2. The van der Waals surface area contributed by atoms with Crippen molar-refractivity contribution in [3.63, 3.8) is 0 Å². The zero-order chi connectivity index (χ0) is 22.6. The van der Waals surface area contributed by atoms with Gasteiger partial charge in [-0.05, 0) is 37.8 Å². The highest BCUT2D eigenvalue weighted by molar-refractivity contribution is 5.94. The van der Waals surface area contributed by atoms with Gasteiger partial charge >= 0.3 is 6.09 Å². The van der Waals surface area contributed by atoms with Gasteiger partial charge in [-0.3, -0.25) is 9.69 Å². The molecule has 31 heavy (non-hydrogen) atoms. The van der Waals surface area contributed by atoms with E-state index in [0.29, 0.717) is 6.54 Å². The topological polar surface area (TPSA) is 49.9 Å². The van der Waals surface area contributed by atoms with E-state index < -0.39 is 11.7 Å². The fourth-order valence-corrected chi connectivity index (χ4v) is 4.65. The van der Waals surface area contributed by atoms with Crippen molar-refractivity contribution >= 4 is 12.0 Å². The molecule has 1 aliphatic rings. The summed E-state index contributed by atoms with van der Waals surface area (Å²) in [7, 11) is 0. The van der Waals surface area contributed by atoms with Crippen LogP contribution in [-0.4, -0.2) is 40.0 Å². The Bertz CT molecular complexity index is 880. The summed E-state index contributed by atoms with van der Waals surface area (Å²) in [6, 6.07) is 20.4. The molecule has 5 nitrogen and oxygen atoms in total. The number of benzene rings is 2. The van der Waals surface area contributed by atoms with E-state index in [-0.39, 0.29) is 30.3 Å². The molecule has 0 aromatic heterocycles. The van der Waals surface area contributed by atoms with Crippen LogP contribution in [0.2, 0.25) is 0 Å². The standard InChI is InChI=1S/C26H34N2O3/c1-19(2)24-26(4,5)31-25(30)28(24)23(29)16-17-27(18-21-12-8-6-9-13-21)20(3)22-14-10-7-11-15-22/h6-15,19-20,24H,16-18H2,1-5H3/t20-,24+/m1/s1. The Morgan fingerprint density at radius 3 is 2.19 bits per heavy atom. The van der Waals surface area contributed by atoms with Crippen molar-refractivity contribution in [3.05, 3.63) is 71.8 Å². The van der Waals surface area contributed by atoms with Gasteiger partial charge in [-0.25, -0.2) is 9.69 Å². The summed E-state index contributed by atoms with van der Waals surface area (Å²) in [5, 5.41) is 0. The number of imide groups is 1. The Balaban J connectivity index is 1.76. The van der Waals surface area contributed by atoms with E-state index in [0.717, 1.165) is 6.54 Å². The van der Waals surface area contributed by atoms with Crippen LogP contribution in [0, 0.1) is 5.92 Å². The zero-order valence-electron chi connectivity index (χ0n) is 19.2. The molecule has 5 heteroatoms. The van der Waals surface area contributed by atoms with Crippen molar-refractivity contribution in [3.8, 4) is 0 Å². The molecule has 0 aliphatic carbocycles. The largest absolute Gasteiger partial charge is 0.441 e. The number of rotatable bonds is 8. The highest BCUT2D eigenvalue weighted by atomic mass is 16.6. The minimum Gasteiger partial charge on any atom is -0.441 e. The van der Waals surface area contributed by atoms with Crippen LogP contribution in [0.25, 0.3) is 0 Å². The molecule has 0 radical (unpaired) electrons. The van der Waals surface area contributed by atoms with Gasteiger partial charge < -0.3 is 4.74 Å². The van der Waals surface area contributed by atoms with Gasteiger partial charge in [-0.15, -0.1) is 0 Å². The minimum atomic E-state index is -0.679. The van der Waals surface area contributed by atoms with E-state index in [9.17, 15) is 9.59 Å². The molecular weight excluding hydrogens is 388 g/mol. The third-order valence-corrected chi connectivity index (χ3v) is 6.11. The minimum absolute atomic E-state index is 0.120. The van der Waals surface area contributed by atoms with Crippen molar-refractivity contribution < 1.29 is 14.3 Å². The summed E-state index contributed by atoms with van der Waals surface area (Å²) in [5.41, 5.74) is 1.72. The van der Waals surface area contributed by atoms with Crippen LogP contribution in [-0.2, 0) is 16.1 Å². The number of cyclic esters (lactones) is 1. The lowest BCUT2D eigenvalue weighted by atomic mass is 9.89. The first-order chi connectivity index (χ1) is 14.7. The summed E-state index contributed by atoms with van der Waals surface area (Å²) >= 11 is 0. The highest BCUT2D eigenvalue weighted by Crippen LogP contribution is 2.34. The predicted molar refractivity (Wildman–Crippen MR) is 122 cm³/mol. The van der Waals surface area contributed by atoms with Gasteiger partial charge in [-0.1, -0.05) is 74.5 Å². The molecule has 1 fully saturated rings. The van der Waals surface area contributed by atoms with Crippen LogP contribution in [0.1, 0.15) is 58.2 Å². The fraction of sp³-hybridized carbons (Fsp3) is 0.462. The Morgan fingerprint density at radius 2 is 1.61 bits per heavy atom. The van der Waals surface area contributed by atoms with Crippen molar-refractivity contribution in [1.82, 2.24) is 9.80 Å². The summed E-state index contributed by atoms with van der Waals surface area (Å²) in [6.45, 7) is 11.2. The number of carbonyl (C=O) groups is 2. The Hall–Kier alpha value is -2.66. The van der Waals surface area contributed by atoms with Crippen LogP contribution in [0.15, 0.2) is 60.7 Å². The molecular formula is C26H34N2O3. The van der Waals surface area contributed by atoms with Gasteiger partial charge in [0.25, 0.3) is 0 Å². The monoisotopic (exact) mass is 422 g/mol. The van der Waals surface area contributed by atoms with Gasteiger partial charge in [0.2, 0.25) is 5.91 Å². The van der Waals surface area contributed by atoms with Crippen molar-refractivity contribution in [1.29, 1.82) is 0 Å². The van der Waals surface area contributed by atoms with Gasteiger partial charge in [0.05, 0.1) is 6.04 Å². The predicted octanol–water partition coefficient (Wildman–Crippen LogP) is 5.42. The first kappa shape index (κ1) is 23.0. The molecule has 0 N–H and O–H groups in total. The second kappa shape index (κ2) is 9.65. The second-order valence-electron chi connectivity index (χ2n) is 9.22. The molecule has 0 bridgehead atoms. The maximum atomic E-state index is 13.2. The number of carbonyl (C=O) groups excluding carboxylic acids is 2. The van der Waals surface area contributed by atoms with Crippen LogP contribution in [0.4, 0.5) is 4.79 Å². The lowest BCUT2D eigenvalue weighted by molar-refractivity contribution is -0.131. The van der Waals surface area contributed by atoms with Gasteiger partial charge in [0, 0.05) is 25.6 Å². The lowest BCUT2D eigenvalue weighted by Gasteiger charge is -2.32. The maximum absolute atomic E-state index is 13.2. The lowest BCUT2D eigenvalue weighted by Crippen LogP contribution is -2.48. The molecule has 2 atom stereocenters.